The molecule has 1 heterocycles. The molecule has 4 nitrogen and oxygen atoms in total. The zero-order chi connectivity index (χ0) is 14.3. The fourth-order valence-electron chi connectivity index (χ4n) is 1.82. The number of hydrogen-bond acceptors (Lipinski definition) is 3. The van der Waals surface area contributed by atoms with E-state index in [4.69, 9.17) is 5.11 Å². The molecule has 1 aromatic rings. The Kier molecular flexibility index (Phi) is 6.56. The highest BCUT2D eigenvalue weighted by Crippen LogP contribution is 2.16. The van der Waals surface area contributed by atoms with Crippen molar-refractivity contribution in [2.45, 2.75) is 52.0 Å². The largest absolute Gasteiger partial charge is 0.477 e. The summed E-state index contributed by atoms with van der Waals surface area (Å²) in [5.41, 5.74) is 0. The van der Waals surface area contributed by atoms with E-state index < -0.39 is 5.97 Å². The SMILES string of the molecule is CCCCCCC(C)NC(=O)c1ccc(C(=O)O)s1. The number of carboxylic acid groups (broad SMARTS) is 1. The molecule has 1 atom stereocenters. The van der Waals surface area contributed by atoms with Gasteiger partial charge in [-0.05, 0) is 25.5 Å². The lowest BCUT2D eigenvalue weighted by atomic mass is 10.1. The molecule has 5 heteroatoms. The minimum atomic E-state index is -0.989. The van der Waals surface area contributed by atoms with Crippen molar-refractivity contribution in [1.29, 1.82) is 0 Å². The molecule has 0 saturated heterocycles. The predicted molar refractivity (Wildman–Crippen MR) is 77.0 cm³/mol. The summed E-state index contributed by atoms with van der Waals surface area (Å²) in [5, 5.41) is 11.7. The number of rotatable bonds is 8. The maximum Gasteiger partial charge on any atom is 0.345 e. The average Bonchev–Trinajstić information content (AvgIpc) is 2.84. The smallest absolute Gasteiger partial charge is 0.345 e. The summed E-state index contributed by atoms with van der Waals surface area (Å²) in [4.78, 5) is 23.3. The molecule has 0 aliphatic heterocycles. The van der Waals surface area contributed by atoms with Crippen molar-refractivity contribution >= 4 is 23.2 Å². The highest BCUT2D eigenvalue weighted by Gasteiger charge is 2.14. The molecule has 1 rings (SSSR count). The van der Waals surface area contributed by atoms with E-state index in [0.29, 0.717) is 4.88 Å². The summed E-state index contributed by atoms with van der Waals surface area (Å²) in [5.74, 6) is -1.17. The number of carboxylic acids is 1. The Morgan fingerprint density at radius 1 is 1.26 bits per heavy atom. The van der Waals surface area contributed by atoms with E-state index in [1.54, 1.807) is 6.07 Å². The first-order valence-electron chi connectivity index (χ1n) is 6.68. The summed E-state index contributed by atoms with van der Waals surface area (Å²) >= 11 is 1.01. The van der Waals surface area contributed by atoms with Crippen molar-refractivity contribution in [3.05, 3.63) is 21.9 Å². The van der Waals surface area contributed by atoms with Crippen molar-refractivity contribution in [2.24, 2.45) is 0 Å². The number of carbonyl (C=O) groups is 2. The zero-order valence-corrected chi connectivity index (χ0v) is 12.3. The summed E-state index contributed by atoms with van der Waals surface area (Å²) < 4.78 is 0. The third-order valence-corrected chi connectivity index (χ3v) is 3.98. The Hall–Kier alpha value is -1.36. The quantitative estimate of drug-likeness (QED) is 0.717. The van der Waals surface area contributed by atoms with Gasteiger partial charge in [-0.2, -0.15) is 0 Å². The molecule has 0 fully saturated rings. The standard InChI is InChI=1S/C14H21NO3S/c1-3-4-5-6-7-10(2)15-13(16)11-8-9-12(19-11)14(17)18/h8-10H,3-7H2,1-2H3,(H,15,16)(H,17,18). The van der Waals surface area contributed by atoms with Gasteiger partial charge in [0.25, 0.3) is 5.91 Å². The van der Waals surface area contributed by atoms with Crippen molar-refractivity contribution in [3.8, 4) is 0 Å². The number of amides is 1. The number of carbonyl (C=O) groups excluding carboxylic acids is 1. The van der Waals surface area contributed by atoms with Crippen molar-refractivity contribution in [3.63, 3.8) is 0 Å². The van der Waals surface area contributed by atoms with Gasteiger partial charge in [-0.1, -0.05) is 32.6 Å². The second-order valence-electron chi connectivity index (χ2n) is 4.69. The lowest BCUT2D eigenvalue weighted by Crippen LogP contribution is -2.31. The molecular formula is C14H21NO3S. The van der Waals surface area contributed by atoms with Gasteiger partial charge in [0.2, 0.25) is 0 Å². The van der Waals surface area contributed by atoms with E-state index in [1.807, 2.05) is 6.92 Å². The van der Waals surface area contributed by atoms with Crippen LogP contribution in [0.4, 0.5) is 0 Å². The molecule has 0 spiro atoms. The van der Waals surface area contributed by atoms with Crippen LogP contribution in [0.2, 0.25) is 0 Å². The van der Waals surface area contributed by atoms with Gasteiger partial charge in [0.05, 0.1) is 4.88 Å². The summed E-state index contributed by atoms with van der Waals surface area (Å²) in [6.45, 7) is 4.15. The number of nitrogens with one attached hydrogen (secondary N) is 1. The third-order valence-electron chi connectivity index (χ3n) is 2.91. The van der Waals surface area contributed by atoms with E-state index in [9.17, 15) is 9.59 Å². The van der Waals surface area contributed by atoms with Crippen molar-refractivity contribution < 1.29 is 14.7 Å². The van der Waals surface area contributed by atoms with Crippen LogP contribution in [0.3, 0.4) is 0 Å². The van der Waals surface area contributed by atoms with Crippen LogP contribution in [0, 0.1) is 0 Å². The van der Waals surface area contributed by atoms with Crippen LogP contribution in [0.5, 0.6) is 0 Å². The van der Waals surface area contributed by atoms with Crippen LogP contribution in [-0.4, -0.2) is 23.0 Å². The average molecular weight is 283 g/mol. The van der Waals surface area contributed by atoms with Gasteiger partial charge >= 0.3 is 5.97 Å². The molecule has 1 aromatic heterocycles. The molecule has 106 valence electrons. The van der Waals surface area contributed by atoms with E-state index in [1.165, 1.54) is 25.3 Å². The van der Waals surface area contributed by atoms with Gasteiger partial charge < -0.3 is 10.4 Å². The van der Waals surface area contributed by atoms with Gasteiger partial charge in [-0.3, -0.25) is 4.79 Å². The van der Waals surface area contributed by atoms with Gasteiger partial charge in [-0.25, -0.2) is 4.79 Å². The van der Waals surface area contributed by atoms with Gasteiger partial charge in [0.1, 0.15) is 4.88 Å². The number of thiophene rings is 1. The van der Waals surface area contributed by atoms with Crippen LogP contribution in [0.1, 0.15) is 65.3 Å². The first kappa shape index (κ1) is 15.7. The highest BCUT2D eigenvalue weighted by atomic mass is 32.1. The topological polar surface area (TPSA) is 66.4 Å². The molecular weight excluding hydrogens is 262 g/mol. The third kappa shape index (κ3) is 5.42. The maximum absolute atomic E-state index is 11.9. The number of hydrogen-bond donors (Lipinski definition) is 2. The molecule has 0 saturated carbocycles. The Morgan fingerprint density at radius 3 is 2.53 bits per heavy atom. The normalized spacial score (nSPS) is 12.1. The second kappa shape index (κ2) is 7.94. The fourth-order valence-corrected chi connectivity index (χ4v) is 2.57. The highest BCUT2D eigenvalue weighted by molar-refractivity contribution is 7.15. The molecule has 1 unspecified atom stereocenters. The summed E-state index contributed by atoms with van der Waals surface area (Å²) in [6.07, 6.45) is 5.70. The first-order chi connectivity index (χ1) is 9.04. The fraction of sp³-hybridized carbons (Fsp3) is 0.571. The zero-order valence-electron chi connectivity index (χ0n) is 11.4. The number of unbranched alkanes of at least 4 members (excludes halogenated alkanes) is 3. The Balaban J connectivity index is 2.38. The Labute approximate surface area is 117 Å². The molecule has 0 bridgehead atoms. The van der Waals surface area contributed by atoms with Crippen LogP contribution in [0.25, 0.3) is 0 Å². The van der Waals surface area contributed by atoms with Crippen molar-refractivity contribution in [2.75, 3.05) is 0 Å². The van der Waals surface area contributed by atoms with Crippen LogP contribution >= 0.6 is 11.3 Å². The minimum Gasteiger partial charge on any atom is -0.477 e. The first-order valence-corrected chi connectivity index (χ1v) is 7.50. The molecule has 0 aromatic carbocycles. The Bertz CT molecular complexity index is 428. The molecule has 2 N–H and O–H groups in total. The van der Waals surface area contributed by atoms with E-state index in [0.717, 1.165) is 24.2 Å². The van der Waals surface area contributed by atoms with Crippen LogP contribution in [-0.2, 0) is 0 Å². The summed E-state index contributed by atoms with van der Waals surface area (Å²) in [6, 6.07) is 3.15. The molecule has 1 amide bonds. The monoisotopic (exact) mass is 283 g/mol. The molecule has 0 radical (unpaired) electrons. The van der Waals surface area contributed by atoms with Crippen LogP contribution in [0.15, 0.2) is 12.1 Å². The van der Waals surface area contributed by atoms with Crippen molar-refractivity contribution in [1.82, 2.24) is 5.32 Å². The molecule has 0 aliphatic carbocycles. The van der Waals surface area contributed by atoms with Crippen LogP contribution < -0.4 is 5.32 Å². The number of aromatic carboxylic acids is 1. The molecule has 0 aliphatic rings. The van der Waals surface area contributed by atoms with E-state index >= 15 is 0 Å². The lowest BCUT2D eigenvalue weighted by Gasteiger charge is -2.12. The summed E-state index contributed by atoms with van der Waals surface area (Å²) in [7, 11) is 0. The van der Waals surface area contributed by atoms with Gasteiger partial charge in [-0.15, -0.1) is 11.3 Å². The predicted octanol–water partition coefficient (Wildman–Crippen LogP) is 3.54. The second-order valence-corrected chi connectivity index (χ2v) is 5.78. The van der Waals surface area contributed by atoms with E-state index in [2.05, 4.69) is 12.2 Å². The lowest BCUT2D eigenvalue weighted by molar-refractivity contribution is 0.0702. The maximum atomic E-state index is 11.9. The molecule has 19 heavy (non-hydrogen) atoms. The van der Waals surface area contributed by atoms with E-state index in [-0.39, 0.29) is 16.8 Å². The van der Waals surface area contributed by atoms with Gasteiger partial charge in [0, 0.05) is 6.04 Å². The van der Waals surface area contributed by atoms with Gasteiger partial charge in [0.15, 0.2) is 0 Å². The Morgan fingerprint density at radius 2 is 1.95 bits per heavy atom. The minimum absolute atomic E-state index is 0.125.